The van der Waals surface area contributed by atoms with Crippen LogP contribution in [-0.4, -0.2) is 11.9 Å². The van der Waals surface area contributed by atoms with Crippen molar-refractivity contribution in [3.63, 3.8) is 0 Å². The van der Waals surface area contributed by atoms with Crippen molar-refractivity contribution in [2.45, 2.75) is 44.2 Å². The zero-order valence-corrected chi connectivity index (χ0v) is 13.7. The van der Waals surface area contributed by atoms with Crippen LogP contribution in [0.15, 0.2) is 59.6 Å². The largest absolute Gasteiger partial charge is 0.467 e. The number of hydrogen-bond donors (Lipinski definition) is 0. The van der Waals surface area contributed by atoms with Gasteiger partial charge in [0.2, 0.25) is 5.90 Å². The monoisotopic (exact) mass is 323 g/mol. The van der Waals surface area contributed by atoms with E-state index in [1.807, 2.05) is 24.3 Å². The van der Waals surface area contributed by atoms with Gasteiger partial charge in [-0.3, -0.25) is 0 Å². The van der Waals surface area contributed by atoms with Gasteiger partial charge in [-0.15, -0.1) is 0 Å². The molecular formula is C21H22FNO. The molecule has 1 fully saturated rings. The summed E-state index contributed by atoms with van der Waals surface area (Å²) in [5, 5.41) is 0. The van der Waals surface area contributed by atoms with Crippen LogP contribution >= 0.6 is 0 Å². The van der Waals surface area contributed by atoms with Gasteiger partial charge in [-0.25, -0.2) is 9.38 Å². The predicted molar refractivity (Wildman–Crippen MR) is 93.6 cm³/mol. The van der Waals surface area contributed by atoms with Gasteiger partial charge in [0.1, 0.15) is 11.9 Å². The average Bonchev–Trinajstić information content (AvgIpc) is 3.09. The topological polar surface area (TPSA) is 21.6 Å². The smallest absolute Gasteiger partial charge is 0.220 e. The van der Waals surface area contributed by atoms with Crippen LogP contribution < -0.4 is 0 Å². The second-order valence-corrected chi connectivity index (χ2v) is 6.75. The predicted octanol–water partition coefficient (Wildman–Crippen LogP) is 5.29. The molecule has 2 aromatic rings. The van der Waals surface area contributed by atoms with Crippen molar-refractivity contribution < 1.29 is 9.13 Å². The summed E-state index contributed by atoms with van der Waals surface area (Å²) in [6.45, 7) is 0. The summed E-state index contributed by atoms with van der Waals surface area (Å²) in [6.07, 6.45) is 6.09. The molecule has 3 heteroatoms. The number of hydrogen-bond acceptors (Lipinski definition) is 2. The number of nitrogens with zero attached hydrogens (tertiary/aromatic N) is 1. The average molecular weight is 323 g/mol. The van der Waals surface area contributed by atoms with E-state index in [0.717, 1.165) is 5.56 Å². The van der Waals surface area contributed by atoms with Gasteiger partial charge in [-0.1, -0.05) is 61.7 Å². The molecule has 0 bridgehead atoms. The Labute approximate surface area is 142 Å². The summed E-state index contributed by atoms with van der Waals surface area (Å²) >= 11 is 0. The minimum Gasteiger partial charge on any atom is -0.467 e. The van der Waals surface area contributed by atoms with E-state index in [-0.39, 0.29) is 18.0 Å². The van der Waals surface area contributed by atoms with E-state index < -0.39 is 0 Å². The zero-order chi connectivity index (χ0) is 16.4. The lowest BCUT2D eigenvalue weighted by molar-refractivity contribution is 0.149. The Morgan fingerprint density at radius 3 is 2.33 bits per heavy atom. The molecule has 2 aromatic carbocycles. The molecule has 24 heavy (non-hydrogen) atoms. The Kier molecular flexibility index (Phi) is 4.33. The van der Waals surface area contributed by atoms with E-state index in [2.05, 4.69) is 12.1 Å². The standard InChI is InChI=1S/C21H22FNO/c22-18-14-8-7-13-17(18)21-23-19(15-9-3-1-4-10-15)20(24-21)16-11-5-2-6-12-16/h2,5-8,11-15,19-20H,1,3-4,9-10H2. The molecule has 0 aromatic heterocycles. The normalized spacial score (nSPS) is 24.5. The first-order valence-corrected chi connectivity index (χ1v) is 8.87. The number of aliphatic imine (C=N–C) groups is 1. The number of rotatable bonds is 3. The van der Waals surface area contributed by atoms with Gasteiger partial charge in [-0.2, -0.15) is 0 Å². The lowest BCUT2D eigenvalue weighted by Gasteiger charge is -2.28. The Balaban J connectivity index is 1.68. The van der Waals surface area contributed by atoms with Gasteiger partial charge in [0.05, 0.1) is 11.6 Å². The van der Waals surface area contributed by atoms with E-state index >= 15 is 0 Å². The van der Waals surface area contributed by atoms with Crippen LogP contribution in [0.1, 0.15) is 49.3 Å². The lowest BCUT2D eigenvalue weighted by Crippen LogP contribution is -2.25. The lowest BCUT2D eigenvalue weighted by atomic mass is 9.81. The third-order valence-corrected chi connectivity index (χ3v) is 5.18. The van der Waals surface area contributed by atoms with Crippen molar-refractivity contribution in [2.24, 2.45) is 10.9 Å². The molecule has 0 spiro atoms. The molecule has 2 unspecified atom stereocenters. The summed E-state index contributed by atoms with van der Waals surface area (Å²) in [4.78, 5) is 4.86. The highest BCUT2D eigenvalue weighted by molar-refractivity contribution is 5.95. The summed E-state index contributed by atoms with van der Waals surface area (Å²) in [7, 11) is 0. The van der Waals surface area contributed by atoms with Crippen molar-refractivity contribution in [3.8, 4) is 0 Å². The fourth-order valence-electron chi connectivity index (χ4n) is 3.93. The first-order chi connectivity index (χ1) is 11.8. The highest BCUT2D eigenvalue weighted by atomic mass is 19.1. The molecule has 1 aliphatic carbocycles. The fourth-order valence-corrected chi connectivity index (χ4v) is 3.93. The minimum absolute atomic E-state index is 0.0855. The van der Waals surface area contributed by atoms with Gasteiger partial charge in [-0.05, 0) is 36.5 Å². The van der Waals surface area contributed by atoms with Gasteiger partial charge < -0.3 is 4.74 Å². The van der Waals surface area contributed by atoms with Gasteiger partial charge in [0.25, 0.3) is 0 Å². The quantitative estimate of drug-likeness (QED) is 0.752. The SMILES string of the molecule is Fc1ccccc1C1=NC(C2CCCCC2)C(c2ccccc2)O1. The fraction of sp³-hybridized carbons (Fsp3) is 0.381. The van der Waals surface area contributed by atoms with E-state index in [4.69, 9.17) is 9.73 Å². The molecule has 124 valence electrons. The maximum Gasteiger partial charge on any atom is 0.220 e. The summed E-state index contributed by atoms with van der Waals surface area (Å²) in [5.41, 5.74) is 1.60. The van der Waals surface area contributed by atoms with Crippen LogP contribution in [0.2, 0.25) is 0 Å². The van der Waals surface area contributed by atoms with Crippen LogP contribution in [-0.2, 0) is 4.74 Å². The highest BCUT2D eigenvalue weighted by Crippen LogP contribution is 2.40. The van der Waals surface area contributed by atoms with E-state index in [9.17, 15) is 4.39 Å². The molecule has 1 aliphatic heterocycles. The first-order valence-electron chi connectivity index (χ1n) is 8.87. The van der Waals surface area contributed by atoms with Crippen LogP contribution in [0.4, 0.5) is 4.39 Å². The summed E-state index contributed by atoms with van der Waals surface area (Å²) in [5.74, 6) is 0.707. The Hall–Kier alpha value is -2.16. The first kappa shape index (κ1) is 15.4. The molecule has 0 amide bonds. The molecule has 0 N–H and O–H groups in total. The van der Waals surface area contributed by atoms with Gasteiger partial charge in [0.15, 0.2) is 0 Å². The van der Waals surface area contributed by atoms with Crippen LogP contribution in [0, 0.1) is 11.7 Å². The van der Waals surface area contributed by atoms with E-state index in [0.29, 0.717) is 17.4 Å². The molecule has 0 saturated heterocycles. The third kappa shape index (κ3) is 2.95. The highest BCUT2D eigenvalue weighted by Gasteiger charge is 2.39. The molecule has 2 aliphatic rings. The second-order valence-electron chi connectivity index (χ2n) is 6.75. The van der Waals surface area contributed by atoms with Crippen LogP contribution in [0.5, 0.6) is 0 Å². The maximum atomic E-state index is 14.2. The van der Waals surface area contributed by atoms with Crippen LogP contribution in [0.3, 0.4) is 0 Å². The van der Waals surface area contributed by atoms with Gasteiger partial charge >= 0.3 is 0 Å². The summed E-state index contributed by atoms with van der Waals surface area (Å²) in [6, 6.07) is 17.1. The molecule has 1 heterocycles. The van der Waals surface area contributed by atoms with Crippen molar-refractivity contribution in [3.05, 3.63) is 71.5 Å². The number of halogens is 1. The van der Waals surface area contributed by atoms with Crippen molar-refractivity contribution >= 4 is 5.90 Å². The Bertz CT molecular complexity index is 722. The zero-order valence-electron chi connectivity index (χ0n) is 13.7. The van der Waals surface area contributed by atoms with E-state index in [1.165, 1.54) is 38.2 Å². The van der Waals surface area contributed by atoms with Gasteiger partial charge in [0, 0.05) is 0 Å². The maximum absolute atomic E-state index is 14.2. The van der Waals surface area contributed by atoms with Crippen molar-refractivity contribution in [2.75, 3.05) is 0 Å². The molecule has 1 saturated carbocycles. The minimum atomic E-state index is -0.271. The molecule has 2 atom stereocenters. The summed E-state index contributed by atoms with van der Waals surface area (Å²) < 4.78 is 20.4. The molecule has 4 rings (SSSR count). The Morgan fingerprint density at radius 1 is 0.875 bits per heavy atom. The molecular weight excluding hydrogens is 301 g/mol. The van der Waals surface area contributed by atoms with Crippen molar-refractivity contribution in [1.82, 2.24) is 0 Å². The number of benzene rings is 2. The third-order valence-electron chi connectivity index (χ3n) is 5.18. The molecule has 2 nitrogen and oxygen atoms in total. The Morgan fingerprint density at radius 2 is 1.58 bits per heavy atom. The second kappa shape index (κ2) is 6.76. The molecule has 0 radical (unpaired) electrons. The van der Waals surface area contributed by atoms with E-state index in [1.54, 1.807) is 12.1 Å². The number of ether oxygens (including phenoxy) is 1. The van der Waals surface area contributed by atoms with Crippen LogP contribution in [0.25, 0.3) is 0 Å². The van der Waals surface area contributed by atoms with Crippen molar-refractivity contribution in [1.29, 1.82) is 0 Å².